The van der Waals surface area contributed by atoms with Crippen LogP contribution in [0, 0.1) is 23.1 Å². The standard InChI is InChI=1S/C21H23FN4O/c1-26(19-4-2-3-16(12-19)13-23)21(27)25-20-10-7-17(14-24-20)11-15-5-8-18(22)9-6-15/h2-6,8-9,12,17,20,24H,7,10-11,14H2,1H3,(H,25,27)/t17-,20+/m1/s1. The molecule has 1 aliphatic rings. The predicted octanol–water partition coefficient (Wildman–Crippen LogP) is 3.41. The number of piperidine rings is 1. The minimum absolute atomic E-state index is 0.0800. The number of hydrogen-bond acceptors (Lipinski definition) is 3. The van der Waals surface area contributed by atoms with Crippen molar-refractivity contribution in [3.05, 3.63) is 65.5 Å². The number of urea groups is 1. The Morgan fingerprint density at radius 3 is 2.74 bits per heavy atom. The zero-order chi connectivity index (χ0) is 19.2. The summed E-state index contributed by atoms with van der Waals surface area (Å²) < 4.78 is 13.0. The minimum Gasteiger partial charge on any atom is -0.322 e. The van der Waals surface area contributed by atoms with Gasteiger partial charge in [0.25, 0.3) is 0 Å². The first-order valence-corrected chi connectivity index (χ1v) is 9.07. The van der Waals surface area contributed by atoms with Crippen molar-refractivity contribution in [1.29, 1.82) is 5.26 Å². The number of amides is 2. The van der Waals surface area contributed by atoms with Gasteiger partial charge >= 0.3 is 6.03 Å². The van der Waals surface area contributed by atoms with Gasteiger partial charge in [0.15, 0.2) is 0 Å². The van der Waals surface area contributed by atoms with Crippen LogP contribution in [0.15, 0.2) is 48.5 Å². The van der Waals surface area contributed by atoms with Crippen LogP contribution in [0.1, 0.15) is 24.0 Å². The molecule has 2 aromatic carbocycles. The monoisotopic (exact) mass is 366 g/mol. The molecular weight excluding hydrogens is 343 g/mol. The lowest BCUT2D eigenvalue weighted by molar-refractivity contribution is 0.228. The van der Waals surface area contributed by atoms with E-state index in [0.29, 0.717) is 17.2 Å². The first-order valence-electron chi connectivity index (χ1n) is 9.07. The van der Waals surface area contributed by atoms with Crippen molar-refractivity contribution in [2.45, 2.75) is 25.4 Å². The average Bonchev–Trinajstić information content (AvgIpc) is 2.70. The number of nitriles is 1. The van der Waals surface area contributed by atoms with Crippen LogP contribution in [-0.2, 0) is 6.42 Å². The van der Waals surface area contributed by atoms with Gasteiger partial charge < -0.3 is 5.32 Å². The predicted molar refractivity (Wildman–Crippen MR) is 103 cm³/mol. The highest BCUT2D eigenvalue weighted by Crippen LogP contribution is 2.19. The molecule has 0 saturated carbocycles. The fourth-order valence-electron chi connectivity index (χ4n) is 3.31. The van der Waals surface area contributed by atoms with Gasteiger partial charge in [0.05, 0.1) is 17.8 Å². The Morgan fingerprint density at radius 2 is 2.07 bits per heavy atom. The van der Waals surface area contributed by atoms with Gasteiger partial charge in [-0.2, -0.15) is 5.26 Å². The number of halogens is 1. The Morgan fingerprint density at radius 1 is 1.30 bits per heavy atom. The molecule has 1 aliphatic heterocycles. The van der Waals surface area contributed by atoms with Crippen LogP contribution in [0.4, 0.5) is 14.9 Å². The quantitative estimate of drug-likeness (QED) is 0.871. The van der Waals surface area contributed by atoms with E-state index in [0.717, 1.165) is 31.4 Å². The molecule has 0 unspecified atom stereocenters. The lowest BCUT2D eigenvalue weighted by Crippen LogP contribution is -2.53. The van der Waals surface area contributed by atoms with Crippen molar-refractivity contribution < 1.29 is 9.18 Å². The van der Waals surface area contributed by atoms with Crippen LogP contribution in [0.2, 0.25) is 0 Å². The van der Waals surface area contributed by atoms with Crippen LogP contribution >= 0.6 is 0 Å². The number of benzene rings is 2. The van der Waals surface area contributed by atoms with Crippen LogP contribution in [0.5, 0.6) is 0 Å². The Hall–Kier alpha value is -2.91. The summed E-state index contributed by atoms with van der Waals surface area (Å²) in [4.78, 5) is 14.0. The fraction of sp³-hybridized carbons (Fsp3) is 0.333. The normalized spacial score (nSPS) is 19.1. The minimum atomic E-state index is -0.215. The second-order valence-corrected chi connectivity index (χ2v) is 6.91. The second kappa shape index (κ2) is 8.65. The molecule has 1 saturated heterocycles. The van der Waals surface area contributed by atoms with E-state index in [1.54, 1.807) is 31.3 Å². The molecule has 0 aliphatic carbocycles. The summed E-state index contributed by atoms with van der Waals surface area (Å²) in [6, 6.07) is 15.5. The molecule has 6 heteroatoms. The molecule has 1 heterocycles. The molecule has 2 N–H and O–H groups in total. The first-order chi connectivity index (χ1) is 13.0. The van der Waals surface area contributed by atoms with E-state index in [4.69, 9.17) is 5.26 Å². The highest BCUT2D eigenvalue weighted by atomic mass is 19.1. The molecule has 0 spiro atoms. The van der Waals surface area contributed by atoms with E-state index in [1.807, 2.05) is 12.1 Å². The molecule has 2 aromatic rings. The van der Waals surface area contributed by atoms with Gasteiger partial charge in [-0.3, -0.25) is 10.2 Å². The summed E-state index contributed by atoms with van der Waals surface area (Å²) in [5.74, 6) is 0.251. The van der Waals surface area contributed by atoms with Gasteiger partial charge in [-0.1, -0.05) is 18.2 Å². The second-order valence-electron chi connectivity index (χ2n) is 6.91. The summed E-state index contributed by atoms with van der Waals surface area (Å²) in [5, 5.41) is 15.4. The van der Waals surface area contributed by atoms with Crippen LogP contribution in [-0.4, -0.2) is 25.8 Å². The van der Waals surface area contributed by atoms with Gasteiger partial charge in [-0.15, -0.1) is 0 Å². The van der Waals surface area contributed by atoms with E-state index >= 15 is 0 Å². The van der Waals surface area contributed by atoms with E-state index in [9.17, 15) is 9.18 Å². The number of nitrogens with one attached hydrogen (secondary N) is 2. The summed E-state index contributed by atoms with van der Waals surface area (Å²) in [7, 11) is 1.69. The Labute approximate surface area is 158 Å². The van der Waals surface area contributed by atoms with Crippen LogP contribution < -0.4 is 15.5 Å². The van der Waals surface area contributed by atoms with Crippen molar-refractivity contribution in [1.82, 2.24) is 10.6 Å². The molecule has 2 amide bonds. The van der Waals surface area contributed by atoms with E-state index in [-0.39, 0.29) is 18.0 Å². The highest BCUT2D eigenvalue weighted by Gasteiger charge is 2.23. The third kappa shape index (κ3) is 5.05. The zero-order valence-electron chi connectivity index (χ0n) is 15.3. The zero-order valence-corrected chi connectivity index (χ0v) is 15.3. The van der Waals surface area contributed by atoms with E-state index in [1.165, 1.54) is 17.0 Å². The fourth-order valence-corrected chi connectivity index (χ4v) is 3.31. The van der Waals surface area contributed by atoms with Gasteiger partial charge in [-0.25, -0.2) is 9.18 Å². The maximum Gasteiger partial charge on any atom is 0.322 e. The Bertz CT molecular complexity index is 823. The maximum atomic E-state index is 13.0. The molecule has 27 heavy (non-hydrogen) atoms. The van der Waals surface area contributed by atoms with Crippen molar-refractivity contribution >= 4 is 11.7 Å². The van der Waals surface area contributed by atoms with Crippen molar-refractivity contribution in [3.63, 3.8) is 0 Å². The molecule has 0 aromatic heterocycles. The SMILES string of the molecule is CN(C(=O)N[C@H]1CC[C@H](Cc2ccc(F)cc2)CN1)c1cccc(C#N)c1. The Balaban J connectivity index is 1.48. The highest BCUT2D eigenvalue weighted by molar-refractivity contribution is 5.91. The maximum absolute atomic E-state index is 13.0. The molecule has 5 nitrogen and oxygen atoms in total. The summed E-state index contributed by atoms with van der Waals surface area (Å²) >= 11 is 0. The van der Waals surface area contributed by atoms with Crippen molar-refractivity contribution in [3.8, 4) is 6.07 Å². The van der Waals surface area contributed by atoms with E-state index in [2.05, 4.69) is 16.7 Å². The molecule has 1 fully saturated rings. The van der Waals surface area contributed by atoms with Gasteiger partial charge in [0.1, 0.15) is 5.82 Å². The number of carbonyl (C=O) groups is 1. The molecular formula is C21H23FN4O. The molecule has 0 radical (unpaired) electrons. The number of rotatable bonds is 4. The molecule has 0 bridgehead atoms. The number of nitrogens with zero attached hydrogens (tertiary/aromatic N) is 2. The van der Waals surface area contributed by atoms with E-state index < -0.39 is 0 Å². The van der Waals surface area contributed by atoms with Crippen molar-refractivity contribution in [2.75, 3.05) is 18.5 Å². The third-order valence-electron chi connectivity index (χ3n) is 4.92. The van der Waals surface area contributed by atoms with Crippen LogP contribution in [0.3, 0.4) is 0 Å². The van der Waals surface area contributed by atoms with Gasteiger partial charge in [-0.05, 0) is 61.1 Å². The largest absolute Gasteiger partial charge is 0.322 e. The van der Waals surface area contributed by atoms with Gasteiger partial charge in [0.2, 0.25) is 0 Å². The third-order valence-corrected chi connectivity index (χ3v) is 4.92. The van der Waals surface area contributed by atoms with Crippen LogP contribution in [0.25, 0.3) is 0 Å². The van der Waals surface area contributed by atoms with Crippen molar-refractivity contribution in [2.24, 2.45) is 5.92 Å². The molecule has 140 valence electrons. The lowest BCUT2D eigenvalue weighted by atomic mass is 9.91. The summed E-state index contributed by atoms with van der Waals surface area (Å²) in [6.45, 7) is 0.802. The number of hydrogen-bond donors (Lipinski definition) is 2. The first kappa shape index (κ1) is 18.9. The Kier molecular flexibility index (Phi) is 6.05. The topological polar surface area (TPSA) is 68.2 Å². The summed E-state index contributed by atoms with van der Waals surface area (Å²) in [6.07, 6.45) is 2.64. The summed E-state index contributed by atoms with van der Waals surface area (Å²) in [5.41, 5.74) is 2.32. The smallest absolute Gasteiger partial charge is 0.322 e. The molecule has 2 atom stereocenters. The number of carbonyl (C=O) groups excluding carboxylic acids is 1. The average molecular weight is 366 g/mol. The lowest BCUT2D eigenvalue weighted by Gasteiger charge is -2.31. The molecule has 3 rings (SSSR count). The van der Waals surface area contributed by atoms with Gasteiger partial charge in [0, 0.05) is 19.3 Å². The number of anilines is 1.